The van der Waals surface area contributed by atoms with Crippen LogP contribution in [0.1, 0.15) is 15.8 Å². The first-order chi connectivity index (χ1) is 11.1. The van der Waals surface area contributed by atoms with Gasteiger partial charge in [-0.2, -0.15) is 0 Å². The molecule has 2 rings (SSSR count). The van der Waals surface area contributed by atoms with Crippen molar-refractivity contribution in [1.29, 1.82) is 0 Å². The predicted molar refractivity (Wildman–Crippen MR) is 80.8 cm³/mol. The Bertz CT molecular complexity index is 745. The van der Waals surface area contributed by atoms with Gasteiger partial charge in [0.15, 0.2) is 0 Å². The summed E-state index contributed by atoms with van der Waals surface area (Å²) in [6, 6.07) is 13.6. The van der Waals surface area contributed by atoms with E-state index in [2.05, 4.69) is 5.32 Å². The van der Waals surface area contributed by atoms with E-state index in [4.69, 9.17) is 16.0 Å². The number of benzene rings is 2. The van der Waals surface area contributed by atoms with Crippen molar-refractivity contribution >= 4 is 11.7 Å². The molecule has 0 atom stereocenters. The highest BCUT2D eigenvalue weighted by Gasteiger charge is 2.07. The van der Waals surface area contributed by atoms with E-state index in [9.17, 15) is 4.79 Å². The summed E-state index contributed by atoms with van der Waals surface area (Å²) in [6.45, 7) is -4.99. The standard InChI is InChI=1S/C16H18N2O2/c1-20-16(19)14-6-2-4-12(10-14)13-5-3-7-15(11-13)18-9-8-17/h2-7,10-11,18H,8-9,17H2,1H3/i8D2,9D2. The van der Waals surface area contributed by atoms with Gasteiger partial charge in [-0.05, 0) is 35.4 Å². The van der Waals surface area contributed by atoms with Gasteiger partial charge in [-0.25, -0.2) is 4.79 Å². The van der Waals surface area contributed by atoms with E-state index in [1.165, 1.54) is 7.11 Å². The lowest BCUT2D eigenvalue weighted by atomic mass is 10.0. The van der Waals surface area contributed by atoms with Crippen molar-refractivity contribution in [2.24, 2.45) is 5.73 Å². The maximum atomic E-state index is 11.6. The van der Waals surface area contributed by atoms with Crippen LogP contribution in [0.4, 0.5) is 5.69 Å². The Kier molecular flexibility index (Phi) is 3.21. The zero-order chi connectivity index (χ0) is 18.0. The summed E-state index contributed by atoms with van der Waals surface area (Å²) in [6.07, 6.45) is 0. The van der Waals surface area contributed by atoms with Gasteiger partial charge in [0.1, 0.15) is 0 Å². The molecule has 0 spiro atoms. The number of carbonyl (C=O) groups is 1. The third-order valence-electron chi connectivity index (χ3n) is 2.76. The molecule has 0 bridgehead atoms. The normalized spacial score (nSPS) is 14.5. The minimum atomic E-state index is -2.55. The van der Waals surface area contributed by atoms with Gasteiger partial charge in [0.25, 0.3) is 0 Å². The van der Waals surface area contributed by atoms with Crippen molar-refractivity contribution in [2.45, 2.75) is 0 Å². The molecule has 0 saturated heterocycles. The summed E-state index contributed by atoms with van der Waals surface area (Å²) in [5.74, 6) is -0.446. The summed E-state index contributed by atoms with van der Waals surface area (Å²) in [5.41, 5.74) is 7.48. The Morgan fingerprint density at radius 1 is 1.25 bits per heavy atom. The van der Waals surface area contributed by atoms with E-state index in [-0.39, 0.29) is 0 Å². The molecule has 0 amide bonds. The van der Waals surface area contributed by atoms with Crippen LogP contribution in [-0.4, -0.2) is 26.1 Å². The molecule has 0 fully saturated rings. The van der Waals surface area contributed by atoms with Crippen molar-refractivity contribution in [1.82, 2.24) is 0 Å². The molecule has 4 nitrogen and oxygen atoms in total. The van der Waals surface area contributed by atoms with E-state index in [1.807, 2.05) is 6.07 Å². The summed E-state index contributed by atoms with van der Waals surface area (Å²) < 4.78 is 34.8. The number of carbonyl (C=O) groups excluding carboxylic acids is 1. The van der Waals surface area contributed by atoms with E-state index in [1.54, 1.807) is 42.5 Å². The number of nitrogens with two attached hydrogens (primary N) is 1. The molecule has 0 aromatic heterocycles. The molecule has 0 saturated carbocycles. The average molecular weight is 274 g/mol. The lowest BCUT2D eigenvalue weighted by Gasteiger charge is -2.08. The second-order valence-electron chi connectivity index (χ2n) is 4.05. The topological polar surface area (TPSA) is 64.3 Å². The first-order valence-electron chi connectivity index (χ1n) is 8.00. The number of ether oxygens (including phenoxy) is 1. The summed E-state index contributed by atoms with van der Waals surface area (Å²) in [4.78, 5) is 11.6. The number of nitrogens with one attached hydrogen (secondary N) is 1. The first kappa shape index (κ1) is 9.55. The van der Waals surface area contributed by atoms with Crippen LogP contribution in [0.2, 0.25) is 0 Å². The van der Waals surface area contributed by atoms with Crippen LogP contribution in [0.3, 0.4) is 0 Å². The summed E-state index contributed by atoms with van der Waals surface area (Å²) in [7, 11) is 1.31. The van der Waals surface area contributed by atoms with Crippen LogP contribution >= 0.6 is 0 Å². The Balaban J connectivity index is 2.33. The Morgan fingerprint density at radius 2 is 1.95 bits per heavy atom. The second kappa shape index (κ2) is 6.73. The SMILES string of the molecule is [2H]C([2H])(N)C([2H])([2H])Nc1cccc(-c2cccc(C(=O)OC)c2)c1. The lowest BCUT2D eigenvalue weighted by Crippen LogP contribution is -2.12. The van der Waals surface area contributed by atoms with Crippen LogP contribution in [0.15, 0.2) is 48.5 Å². The number of hydrogen-bond donors (Lipinski definition) is 2. The zero-order valence-corrected chi connectivity index (χ0v) is 11.0. The second-order valence-corrected chi connectivity index (χ2v) is 4.05. The molecule has 0 unspecified atom stereocenters. The van der Waals surface area contributed by atoms with Gasteiger partial charge in [-0.3, -0.25) is 0 Å². The van der Waals surface area contributed by atoms with Crippen LogP contribution in [-0.2, 0) is 4.74 Å². The van der Waals surface area contributed by atoms with Gasteiger partial charge < -0.3 is 15.8 Å². The molecule has 0 aliphatic rings. The Hall–Kier alpha value is -2.33. The van der Waals surface area contributed by atoms with Gasteiger partial charge in [-0.15, -0.1) is 0 Å². The molecule has 20 heavy (non-hydrogen) atoms. The third kappa shape index (κ3) is 3.36. The molecular formula is C16H18N2O2. The fraction of sp³-hybridized carbons (Fsp3) is 0.188. The summed E-state index contributed by atoms with van der Waals surface area (Å²) in [5, 5.41) is 2.46. The minimum Gasteiger partial charge on any atom is -0.465 e. The van der Waals surface area contributed by atoms with Crippen molar-refractivity contribution in [3.05, 3.63) is 54.1 Å². The van der Waals surface area contributed by atoms with E-state index >= 15 is 0 Å². The first-order valence-corrected chi connectivity index (χ1v) is 6.00. The highest BCUT2D eigenvalue weighted by molar-refractivity contribution is 5.91. The van der Waals surface area contributed by atoms with Gasteiger partial charge in [0.05, 0.1) is 15.4 Å². The van der Waals surface area contributed by atoms with Gasteiger partial charge in [-0.1, -0.05) is 24.3 Å². The minimum absolute atomic E-state index is 0.371. The van der Waals surface area contributed by atoms with Crippen LogP contribution < -0.4 is 11.1 Å². The molecule has 4 heteroatoms. The fourth-order valence-electron chi connectivity index (χ4n) is 1.83. The van der Waals surface area contributed by atoms with Crippen molar-refractivity contribution in [3.63, 3.8) is 0 Å². The molecule has 0 radical (unpaired) electrons. The monoisotopic (exact) mass is 274 g/mol. The van der Waals surface area contributed by atoms with Crippen LogP contribution in [0.5, 0.6) is 0 Å². The average Bonchev–Trinajstić information content (AvgIpc) is 2.53. The number of anilines is 1. The van der Waals surface area contributed by atoms with E-state index in [0.717, 1.165) is 11.1 Å². The number of methoxy groups -OCH3 is 1. The largest absolute Gasteiger partial charge is 0.465 e. The van der Waals surface area contributed by atoms with Gasteiger partial charge >= 0.3 is 5.97 Å². The van der Waals surface area contributed by atoms with Crippen molar-refractivity contribution in [3.8, 4) is 11.1 Å². The molecule has 3 N–H and O–H groups in total. The lowest BCUT2D eigenvalue weighted by molar-refractivity contribution is 0.0601. The fourth-order valence-corrected chi connectivity index (χ4v) is 1.83. The molecule has 2 aromatic rings. The highest BCUT2D eigenvalue weighted by Crippen LogP contribution is 2.23. The Morgan fingerprint density at radius 3 is 2.65 bits per heavy atom. The van der Waals surface area contributed by atoms with E-state index < -0.39 is 19.0 Å². The predicted octanol–water partition coefficient (Wildman–Crippen LogP) is 2.51. The maximum Gasteiger partial charge on any atom is 0.337 e. The number of hydrogen-bond acceptors (Lipinski definition) is 4. The number of rotatable bonds is 5. The molecule has 2 aromatic carbocycles. The molecule has 0 aliphatic carbocycles. The molecular weight excluding hydrogens is 252 g/mol. The molecule has 0 aliphatic heterocycles. The summed E-state index contributed by atoms with van der Waals surface area (Å²) >= 11 is 0. The third-order valence-corrected chi connectivity index (χ3v) is 2.76. The van der Waals surface area contributed by atoms with Crippen molar-refractivity contribution < 1.29 is 15.0 Å². The van der Waals surface area contributed by atoms with Gasteiger partial charge in [0, 0.05) is 21.4 Å². The maximum absolute atomic E-state index is 11.6. The smallest absolute Gasteiger partial charge is 0.337 e. The van der Waals surface area contributed by atoms with Crippen LogP contribution in [0, 0.1) is 0 Å². The van der Waals surface area contributed by atoms with Crippen LogP contribution in [0.25, 0.3) is 11.1 Å². The number of esters is 1. The zero-order valence-electron chi connectivity index (χ0n) is 15.0. The molecule has 0 heterocycles. The van der Waals surface area contributed by atoms with Crippen molar-refractivity contribution in [2.75, 3.05) is 25.4 Å². The quantitative estimate of drug-likeness (QED) is 0.822. The van der Waals surface area contributed by atoms with E-state index in [0.29, 0.717) is 11.3 Å². The highest BCUT2D eigenvalue weighted by atomic mass is 16.5. The molecule has 104 valence electrons. The van der Waals surface area contributed by atoms with Gasteiger partial charge in [0.2, 0.25) is 0 Å². The Labute approximate surface area is 124 Å².